The van der Waals surface area contributed by atoms with E-state index in [1.165, 1.54) is 0 Å². The highest BCUT2D eigenvalue weighted by Crippen LogP contribution is 2.15. The monoisotopic (exact) mass is 341 g/mol. The maximum atomic E-state index is 12.0. The summed E-state index contributed by atoms with van der Waals surface area (Å²) in [4.78, 5) is 23.2. The number of benzene rings is 1. The summed E-state index contributed by atoms with van der Waals surface area (Å²) in [6, 6.07) is 6.47. The van der Waals surface area contributed by atoms with Crippen LogP contribution in [0.3, 0.4) is 0 Å². The van der Waals surface area contributed by atoms with Crippen molar-refractivity contribution in [3.8, 4) is 0 Å². The third-order valence-electron chi connectivity index (χ3n) is 3.24. The highest BCUT2D eigenvalue weighted by molar-refractivity contribution is 9.10. The molecule has 0 spiro atoms. The van der Waals surface area contributed by atoms with Crippen LogP contribution in [0, 0.1) is 5.92 Å². The van der Waals surface area contributed by atoms with Gasteiger partial charge in [-0.25, -0.2) is 4.79 Å². The fraction of sp³-hybridized carbons (Fsp3) is 0.429. The van der Waals surface area contributed by atoms with Gasteiger partial charge in [0.15, 0.2) is 0 Å². The molecule has 1 aromatic carbocycles. The van der Waals surface area contributed by atoms with E-state index < -0.39 is 12.0 Å². The van der Waals surface area contributed by atoms with E-state index in [1.807, 2.05) is 24.3 Å². The molecular formula is C14H16BrNO4. The molecule has 1 aliphatic rings. The summed E-state index contributed by atoms with van der Waals surface area (Å²) in [5, 5.41) is 11.8. The summed E-state index contributed by atoms with van der Waals surface area (Å²) >= 11 is 3.34. The van der Waals surface area contributed by atoms with Gasteiger partial charge in [0.05, 0.1) is 12.5 Å². The normalized spacial score (nSPS) is 19.6. The van der Waals surface area contributed by atoms with Crippen LogP contribution in [0.25, 0.3) is 0 Å². The van der Waals surface area contributed by atoms with E-state index in [0.717, 1.165) is 10.0 Å². The maximum Gasteiger partial charge on any atom is 0.326 e. The minimum absolute atomic E-state index is 0.237. The number of hydrogen-bond donors (Lipinski definition) is 2. The van der Waals surface area contributed by atoms with Crippen LogP contribution in [0.15, 0.2) is 28.7 Å². The van der Waals surface area contributed by atoms with Crippen molar-refractivity contribution in [1.82, 2.24) is 5.32 Å². The number of ether oxygens (including phenoxy) is 1. The molecule has 0 unspecified atom stereocenters. The van der Waals surface area contributed by atoms with Gasteiger partial charge in [0.1, 0.15) is 6.04 Å². The number of carbonyl (C=O) groups is 2. The van der Waals surface area contributed by atoms with E-state index >= 15 is 0 Å². The number of nitrogens with one attached hydrogen (secondary N) is 1. The summed E-state index contributed by atoms with van der Waals surface area (Å²) in [5.41, 5.74) is 0.856. The predicted octanol–water partition coefficient (Wildman–Crippen LogP) is 1.60. The molecule has 0 aromatic heterocycles. The van der Waals surface area contributed by atoms with E-state index in [0.29, 0.717) is 19.6 Å². The van der Waals surface area contributed by atoms with Crippen LogP contribution in [0.5, 0.6) is 0 Å². The zero-order valence-corrected chi connectivity index (χ0v) is 12.4. The zero-order valence-electron chi connectivity index (χ0n) is 10.8. The van der Waals surface area contributed by atoms with Crippen molar-refractivity contribution in [2.45, 2.75) is 18.9 Å². The Labute approximate surface area is 125 Å². The summed E-state index contributed by atoms with van der Waals surface area (Å²) < 4.78 is 6.02. The van der Waals surface area contributed by atoms with Crippen molar-refractivity contribution in [3.63, 3.8) is 0 Å². The average Bonchev–Trinajstić information content (AvgIpc) is 2.91. The van der Waals surface area contributed by atoms with Crippen LogP contribution < -0.4 is 5.32 Å². The quantitative estimate of drug-likeness (QED) is 0.852. The van der Waals surface area contributed by atoms with E-state index in [9.17, 15) is 14.7 Å². The first-order chi connectivity index (χ1) is 9.56. The number of aliphatic carboxylic acids is 1. The molecule has 1 amide bonds. The molecular weight excluding hydrogens is 326 g/mol. The zero-order chi connectivity index (χ0) is 14.5. The summed E-state index contributed by atoms with van der Waals surface area (Å²) in [5.74, 6) is -1.51. The van der Waals surface area contributed by atoms with Crippen molar-refractivity contribution >= 4 is 27.8 Å². The third-order valence-corrected chi connectivity index (χ3v) is 3.74. The SMILES string of the molecule is O=C(N[C@@H](Cc1cccc(Br)c1)C(=O)O)[C@@H]1CCOC1. The molecule has 2 N–H and O–H groups in total. The van der Waals surface area contributed by atoms with Gasteiger partial charge in [-0.15, -0.1) is 0 Å². The largest absolute Gasteiger partial charge is 0.480 e. The molecule has 0 bridgehead atoms. The van der Waals surface area contributed by atoms with Crippen LogP contribution in [0.4, 0.5) is 0 Å². The van der Waals surface area contributed by atoms with E-state index in [2.05, 4.69) is 21.2 Å². The Morgan fingerprint density at radius 1 is 1.50 bits per heavy atom. The molecule has 1 aliphatic heterocycles. The number of rotatable bonds is 5. The number of hydrogen-bond acceptors (Lipinski definition) is 3. The first-order valence-electron chi connectivity index (χ1n) is 6.41. The molecule has 108 valence electrons. The molecule has 0 aliphatic carbocycles. The van der Waals surface area contributed by atoms with Crippen LogP contribution >= 0.6 is 15.9 Å². The molecule has 1 saturated heterocycles. The first kappa shape index (κ1) is 15.0. The molecule has 2 atom stereocenters. The number of carboxylic acid groups (broad SMARTS) is 1. The van der Waals surface area contributed by atoms with E-state index in [-0.39, 0.29) is 18.2 Å². The highest BCUT2D eigenvalue weighted by atomic mass is 79.9. The van der Waals surface area contributed by atoms with Crippen LogP contribution in [-0.4, -0.2) is 36.2 Å². The topological polar surface area (TPSA) is 75.6 Å². The lowest BCUT2D eigenvalue weighted by atomic mass is 10.0. The number of halogens is 1. The Balaban J connectivity index is 2.00. The third kappa shape index (κ3) is 4.05. The number of carbonyl (C=O) groups excluding carboxylic acids is 1. The van der Waals surface area contributed by atoms with E-state index in [4.69, 9.17) is 4.74 Å². The Hall–Kier alpha value is -1.40. The van der Waals surface area contributed by atoms with Gasteiger partial charge < -0.3 is 15.2 Å². The van der Waals surface area contributed by atoms with Gasteiger partial charge in [0, 0.05) is 17.5 Å². The van der Waals surface area contributed by atoms with Crippen molar-refractivity contribution in [3.05, 3.63) is 34.3 Å². The molecule has 1 fully saturated rings. The highest BCUT2D eigenvalue weighted by Gasteiger charge is 2.28. The molecule has 1 aromatic rings. The lowest BCUT2D eigenvalue weighted by Gasteiger charge is -2.17. The molecule has 20 heavy (non-hydrogen) atoms. The van der Waals surface area contributed by atoms with Crippen molar-refractivity contribution < 1.29 is 19.4 Å². The summed E-state index contributed by atoms with van der Waals surface area (Å²) in [6.45, 7) is 0.927. The molecule has 0 radical (unpaired) electrons. The van der Waals surface area contributed by atoms with Gasteiger partial charge in [-0.05, 0) is 24.1 Å². The molecule has 6 heteroatoms. The van der Waals surface area contributed by atoms with Crippen LogP contribution in [0.1, 0.15) is 12.0 Å². The number of amides is 1. The second-order valence-corrected chi connectivity index (χ2v) is 5.71. The van der Waals surface area contributed by atoms with Gasteiger partial charge in [-0.2, -0.15) is 0 Å². The molecule has 1 heterocycles. The fourth-order valence-electron chi connectivity index (χ4n) is 2.13. The molecule has 2 rings (SSSR count). The van der Waals surface area contributed by atoms with Crippen LogP contribution in [0.2, 0.25) is 0 Å². The minimum atomic E-state index is -1.03. The van der Waals surface area contributed by atoms with Crippen molar-refractivity contribution in [2.75, 3.05) is 13.2 Å². The predicted molar refractivity (Wildman–Crippen MR) is 76.3 cm³/mol. The molecule has 0 saturated carbocycles. The molecule has 5 nitrogen and oxygen atoms in total. The Bertz CT molecular complexity index is 500. The summed E-state index contributed by atoms with van der Waals surface area (Å²) in [6.07, 6.45) is 0.906. The Morgan fingerprint density at radius 3 is 2.90 bits per heavy atom. The van der Waals surface area contributed by atoms with Gasteiger partial charge in [-0.3, -0.25) is 4.79 Å². The maximum absolute atomic E-state index is 12.0. The standard InChI is InChI=1S/C14H16BrNO4/c15-11-3-1-2-9(6-11)7-12(14(18)19)16-13(17)10-4-5-20-8-10/h1-3,6,10,12H,4-5,7-8H2,(H,16,17)(H,18,19)/t10-,12+/m1/s1. The van der Waals surface area contributed by atoms with E-state index in [1.54, 1.807) is 0 Å². The van der Waals surface area contributed by atoms with Gasteiger partial charge in [0.2, 0.25) is 5.91 Å². The van der Waals surface area contributed by atoms with Crippen molar-refractivity contribution in [1.29, 1.82) is 0 Å². The second-order valence-electron chi connectivity index (χ2n) is 4.79. The van der Waals surface area contributed by atoms with Crippen LogP contribution in [-0.2, 0) is 20.7 Å². The van der Waals surface area contributed by atoms with Crippen molar-refractivity contribution in [2.24, 2.45) is 5.92 Å². The Kier molecular flexibility index (Phi) is 5.14. The van der Waals surface area contributed by atoms with Gasteiger partial charge in [0.25, 0.3) is 0 Å². The smallest absolute Gasteiger partial charge is 0.326 e. The minimum Gasteiger partial charge on any atom is -0.480 e. The average molecular weight is 342 g/mol. The summed E-state index contributed by atoms with van der Waals surface area (Å²) in [7, 11) is 0. The number of carboxylic acids is 1. The first-order valence-corrected chi connectivity index (χ1v) is 7.21. The second kappa shape index (κ2) is 6.85. The van der Waals surface area contributed by atoms with Gasteiger partial charge >= 0.3 is 5.97 Å². The van der Waals surface area contributed by atoms with Gasteiger partial charge in [-0.1, -0.05) is 28.1 Å². The lowest BCUT2D eigenvalue weighted by Crippen LogP contribution is -2.45. The lowest BCUT2D eigenvalue weighted by molar-refractivity contribution is -0.142. The Morgan fingerprint density at radius 2 is 2.30 bits per heavy atom. The fourth-order valence-corrected chi connectivity index (χ4v) is 2.58.